The molecule has 5 nitrogen and oxygen atoms in total. The van der Waals surface area contributed by atoms with Crippen molar-refractivity contribution in [1.29, 1.82) is 0 Å². The van der Waals surface area contributed by atoms with Crippen LogP contribution in [0, 0.1) is 0 Å². The van der Waals surface area contributed by atoms with Gasteiger partial charge in [-0.05, 0) is 51.1 Å². The van der Waals surface area contributed by atoms with Crippen molar-refractivity contribution in [3.8, 4) is 0 Å². The highest BCUT2D eigenvalue weighted by molar-refractivity contribution is 5.85. The molecule has 1 aromatic carbocycles. The number of rotatable bonds is 2. The second kappa shape index (κ2) is 8.51. The van der Waals surface area contributed by atoms with Gasteiger partial charge >= 0.3 is 0 Å². The van der Waals surface area contributed by atoms with Crippen molar-refractivity contribution in [3.63, 3.8) is 0 Å². The van der Waals surface area contributed by atoms with Crippen LogP contribution in [-0.4, -0.2) is 39.9 Å². The van der Waals surface area contributed by atoms with Crippen molar-refractivity contribution >= 4 is 23.2 Å². The van der Waals surface area contributed by atoms with Gasteiger partial charge < -0.3 is 5.73 Å². The zero-order valence-electron chi connectivity index (χ0n) is 15.2. The standard InChI is InChI=1S/C20H28N4O.ClH/c21-16-6-3-4-12-23(14-16)17-8-10-18(11-9-17)24-20(25)19-7-2-1-5-15(19)13-22-24;/h1-2,5,7,13,16-18H,3-4,6,8-12,14,21H2;1H/t16-,17?,18?;/m1./s1. The molecule has 1 aliphatic heterocycles. The van der Waals surface area contributed by atoms with E-state index in [1.807, 2.05) is 30.5 Å². The molecule has 6 heteroatoms. The van der Waals surface area contributed by atoms with Gasteiger partial charge in [-0.15, -0.1) is 12.4 Å². The largest absolute Gasteiger partial charge is 0.327 e. The van der Waals surface area contributed by atoms with E-state index in [0.717, 1.165) is 49.4 Å². The third-order valence-electron chi connectivity index (χ3n) is 5.99. The number of hydrogen-bond donors (Lipinski definition) is 1. The quantitative estimate of drug-likeness (QED) is 0.874. The summed E-state index contributed by atoms with van der Waals surface area (Å²) in [6, 6.07) is 8.90. The number of likely N-dealkylation sites (tertiary alicyclic amines) is 1. The predicted octanol–water partition coefficient (Wildman–Crippen LogP) is 3.12. The first-order valence-electron chi connectivity index (χ1n) is 9.68. The van der Waals surface area contributed by atoms with Gasteiger partial charge in [-0.25, -0.2) is 4.68 Å². The normalized spacial score (nSPS) is 27.7. The second-order valence-corrected chi connectivity index (χ2v) is 7.69. The van der Waals surface area contributed by atoms with Gasteiger partial charge in [-0.1, -0.05) is 24.6 Å². The monoisotopic (exact) mass is 376 g/mol. The molecular formula is C20H29ClN4O. The van der Waals surface area contributed by atoms with Crippen LogP contribution < -0.4 is 11.3 Å². The minimum Gasteiger partial charge on any atom is -0.327 e. The van der Waals surface area contributed by atoms with Crippen molar-refractivity contribution < 1.29 is 0 Å². The fraction of sp³-hybridized carbons (Fsp3) is 0.600. The molecule has 0 unspecified atom stereocenters. The molecule has 0 spiro atoms. The molecule has 2 aromatic rings. The average molecular weight is 377 g/mol. The van der Waals surface area contributed by atoms with E-state index in [9.17, 15) is 4.79 Å². The van der Waals surface area contributed by atoms with E-state index < -0.39 is 0 Å². The first-order valence-corrected chi connectivity index (χ1v) is 9.68. The summed E-state index contributed by atoms with van der Waals surface area (Å²) in [6.07, 6.45) is 9.83. The molecule has 2 N–H and O–H groups in total. The van der Waals surface area contributed by atoms with Gasteiger partial charge in [0.2, 0.25) is 0 Å². The summed E-state index contributed by atoms with van der Waals surface area (Å²) in [5.41, 5.74) is 6.28. The maximum atomic E-state index is 12.8. The fourth-order valence-electron chi connectivity index (χ4n) is 4.57. The van der Waals surface area contributed by atoms with Gasteiger partial charge in [0, 0.05) is 24.0 Å². The molecule has 1 atom stereocenters. The minimum atomic E-state index is 0. The van der Waals surface area contributed by atoms with Gasteiger partial charge in [-0.3, -0.25) is 9.69 Å². The lowest BCUT2D eigenvalue weighted by Crippen LogP contribution is -2.44. The summed E-state index contributed by atoms with van der Waals surface area (Å²) >= 11 is 0. The molecular weight excluding hydrogens is 348 g/mol. The number of nitrogens with zero attached hydrogens (tertiary/aromatic N) is 3. The predicted molar refractivity (Wildman–Crippen MR) is 108 cm³/mol. The van der Waals surface area contributed by atoms with Crippen molar-refractivity contribution in [2.24, 2.45) is 5.73 Å². The van der Waals surface area contributed by atoms with E-state index in [1.165, 1.54) is 19.4 Å². The Morgan fingerprint density at radius 1 is 1.00 bits per heavy atom. The summed E-state index contributed by atoms with van der Waals surface area (Å²) in [7, 11) is 0. The van der Waals surface area contributed by atoms with Crippen molar-refractivity contribution in [1.82, 2.24) is 14.7 Å². The molecule has 0 amide bonds. The van der Waals surface area contributed by atoms with E-state index in [0.29, 0.717) is 12.1 Å². The molecule has 1 aliphatic carbocycles. The molecule has 2 heterocycles. The van der Waals surface area contributed by atoms with Crippen molar-refractivity contribution in [3.05, 3.63) is 40.8 Å². The zero-order chi connectivity index (χ0) is 17.2. The van der Waals surface area contributed by atoms with Gasteiger partial charge in [-0.2, -0.15) is 5.10 Å². The Balaban J connectivity index is 0.00000196. The lowest BCUT2D eigenvalue weighted by atomic mass is 9.90. The highest BCUT2D eigenvalue weighted by Gasteiger charge is 2.29. The number of hydrogen-bond acceptors (Lipinski definition) is 4. The lowest BCUT2D eigenvalue weighted by molar-refractivity contribution is 0.133. The third-order valence-corrected chi connectivity index (χ3v) is 5.99. The fourth-order valence-corrected chi connectivity index (χ4v) is 4.57. The SMILES string of the molecule is Cl.N[C@@H]1CCCCN(C2CCC(n3ncc4ccccc4c3=O)CC2)C1. The lowest BCUT2D eigenvalue weighted by Gasteiger charge is -2.37. The highest BCUT2D eigenvalue weighted by Crippen LogP contribution is 2.31. The summed E-state index contributed by atoms with van der Waals surface area (Å²) in [5, 5.41) is 6.17. The first kappa shape index (κ1) is 19.3. The maximum Gasteiger partial charge on any atom is 0.274 e. The minimum absolute atomic E-state index is 0. The molecule has 1 saturated carbocycles. The third kappa shape index (κ3) is 3.95. The van der Waals surface area contributed by atoms with Crippen LogP contribution in [0.5, 0.6) is 0 Å². The maximum absolute atomic E-state index is 12.8. The van der Waals surface area contributed by atoms with E-state index in [1.54, 1.807) is 4.68 Å². The Kier molecular flexibility index (Phi) is 6.33. The van der Waals surface area contributed by atoms with Crippen LogP contribution in [0.2, 0.25) is 0 Å². The summed E-state index contributed by atoms with van der Waals surface area (Å²) in [5.74, 6) is 0. The molecule has 2 aliphatic rings. The van der Waals surface area contributed by atoms with E-state index in [-0.39, 0.29) is 24.0 Å². The number of fused-ring (bicyclic) bond motifs is 1. The number of nitrogens with two attached hydrogens (primary N) is 1. The molecule has 1 aromatic heterocycles. The Morgan fingerprint density at radius 3 is 2.54 bits per heavy atom. The van der Waals surface area contributed by atoms with Gasteiger partial charge in [0.25, 0.3) is 5.56 Å². The van der Waals surface area contributed by atoms with Crippen LogP contribution in [0.4, 0.5) is 0 Å². The second-order valence-electron chi connectivity index (χ2n) is 7.69. The Hall–Kier alpha value is -1.43. The topological polar surface area (TPSA) is 64.2 Å². The van der Waals surface area contributed by atoms with Gasteiger partial charge in [0.05, 0.1) is 17.6 Å². The van der Waals surface area contributed by atoms with E-state index >= 15 is 0 Å². The van der Waals surface area contributed by atoms with Gasteiger partial charge in [0.15, 0.2) is 0 Å². The Bertz CT molecular complexity index is 785. The molecule has 0 radical (unpaired) electrons. The van der Waals surface area contributed by atoms with E-state index in [2.05, 4.69) is 10.00 Å². The van der Waals surface area contributed by atoms with E-state index in [4.69, 9.17) is 5.73 Å². The Labute approximate surface area is 161 Å². The van der Waals surface area contributed by atoms with Crippen LogP contribution in [-0.2, 0) is 0 Å². The molecule has 26 heavy (non-hydrogen) atoms. The Morgan fingerprint density at radius 2 is 1.73 bits per heavy atom. The van der Waals surface area contributed by atoms with Gasteiger partial charge in [0.1, 0.15) is 0 Å². The van der Waals surface area contributed by atoms with Crippen LogP contribution in [0.25, 0.3) is 10.8 Å². The molecule has 0 bridgehead atoms. The molecule has 142 valence electrons. The van der Waals surface area contributed by atoms with Crippen LogP contribution in [0.3, 0.4) is 0 Å². The zero-order valence-corrected chi connectivity index (χ0v) is 16.0. The van der Waals surface area contributed by atoms with Crippen LogP contribution in [0.1, 0.15) is 51.0 Å². The highest BCUT2D eigenvalue weighted by atomic mass is 35.5. The summed E-state index contributed by atoms with van der Waals surface area (Å²) < 4.78 is 1.73. The summed E-state index contributed by atoms with van der Waals surface area (Å²) in [6.45, 7) is 2.21. The number of halogens is 1. The number of benzene rings is 1. The molecule has 2 fully saturated rings. The average Bonchev–Trinajstić information content (AvgIpc) is 2.87. The first-order chi connectivity index (χ1) is 12.2. The molecule has 1 saturated heterocycles. The number of aromatic nitrogens is 2. The van der Waals surface area contributed by atoms with Crippen molar-refractivity contribution in [2.45, 2.75) is 63.1 Å². The van der Waals surface area contributed by atoms with Crippen molar-refractivity contribution in [2.75, 3.05) is 13.1 Å². The van der Waals surface area contributed by atoms with Crippen LogP contribution >= 0.6 is 12.4 Å². The summed E-state index contributed by atoms with van der Waals surface area (Å²) in [4.78, 5) is 15.4. The molecule has 4 rings (SSSR count). The smallest absolute Gasteiger partial charge is 0.274 e. The van der Waals surface area contributed by atoms with Crippen LogP contribution in [0.15, 0.2) is 35.3 Å².